The highest BCUT2D eigenvalue weighted by molar-refractivity contribution is 5.30. The highest BCUT2D eigenvalue weighted by Crippen LogP contribution is 2.27. The molecule has 1 fully saturated rings. The second-order valence-electron chi connectivity index (χ2n) is 3.22. The molecule has 0 spiro atoms. The van der Waals surface area contributed by atoms with Gasteiger partial charge in [0.2, 0.25) is 0 Å². The minimum Gasteiger partial charge on any atom is -0.390 e. The van der Waals surface area contributed by atoms with Crippen molar-refractivity contribution in [3.8, 4) is 11.8 Å². The molecule has 2 heteroatoms. The van der Waals surface area contributed by atoms with Crippen molar-refractivity contribution in [2.75, 3.05) is 0 Å². The maximum absolute atomic E-state index is 8.84. The summed E-state index contributed by atoms with van der Waals surface area (Å²) in [7, 11) is 0. The Balaban J connectivity index is 2.15. The van der Waals surface area contributed by atoms with Crippen LogP contribution in [0.3, 0.4) is 0 Å². The summed E-state index contributed by atoms with van der Waals surface area (Å²) in [6.07, 6.45) is 2.46. The van der Waals surface area contributed by atoms with Crippen molar-refractivity contribution in [1.29, 1.82) is 0 Å². The quantitative estimate of drug-likeness (QED) is 0.650. The Kier molecular flexibility index (Phi) is 2.29. The van der Waals surface area contributed by atoms with Gasteiger partial charge in [0.15, 0.2) is 0 Å². The molecule has 0 amide bonds. The van der Waals surface area contributed by atoms with Crippen LogP contribution in [0.25, 0.3) is 0 Å². The molecule has 1 aromatic rings. The van der Waals surface area contributed by atoms with Crippen molar-refractivity contribution in [3.63, 3.8) is 0 Å². The molecule has 1 aliphatic rings. The van der Waals surface area contributed by atoms with Gasteiger partial charge in [-0.1, -0.05) is 12.0 Å². The lowest BCUT2D eigenvalue weighted by molar-refractivity contribution is 0.277. The molecule has 0 aromatic carbocycles. The van der Waals surface area contributed by atoms with Crippen molar-refractivity contribution in [1.82, 2.24) is 4.98 Å². The molecule has 1 aliphatic carbocycles. The monoisotopic (exact) mass is 173 g/mol. The van der Waals surface area contributed by atoms with Crippen molar-refractivity contribution in [3.05, 3.63) is 29.6 Å². The van der Waals surface area contributed by atoms with E-state index < -0.39 is 0 Å². The molecule has 0 atom stereocenters. The van der Waals surface area contributed by atoms with Crippen LogP contribution >= 0.6 is 0 Å². The van der Waals surface area contributed by atoms with Gasteiger partial charge < -0.3 is 5.11 Å². The number of hydrogen-bond acceptors (Lipinski definition) is 2. The lowest BCUT2D eigenvalue weighted by atomic mass is 10.3. The Morgan fingerprint density at radius 3 is 3.00 bits per heavy atom. The minimum atomic E-state index is -0.0149. The molecule has 1 heterocycles. The van der Waals surface area contributed by atoms with Gasteiger partial charge >= 0.3 is 0 Å². The molecule has 2 rings (SSSR count). The molecule has 0 radical (unpaired) electrons. The van der Waals surface area contributed by atoms with E-state index in [9.17, 15) is 0 Å². The van der Waals surface area contributed by atoms with E-state index in [2.05, 4.69) is 16.8 Å². The highest BCUT2D eigenvalue weighted by atomic mass is 16.3. The van der Waals surface area contributed by atoms with E-state index in [0.717, 1.165) is 5.69 Å². The molecule has 13 heavy (non-hydrogen) atoms. The first-order valence-corrected chi connectivity index (χ1v) is 4.47. The zero-order valence-corrected chi connectivity index (χ0v) is 7.33. The summed E-state index contributed by atoms with van der Waals surface area (Å²) >= 11 is 0. The first-order chi connectivity index (χ1) is 6.38. The number of pyridine rings is 1. The summed E-state index contributed by atoms with van der Waals surface area (Å²) < 4.78 is 0. The fourth-order valence-electron chi connectivity index (χ4n) is 1.04. The van der Waals surface area contributed by atoms with Gasteiger partial charge in [0.05, 0.1) is 12.3 Å². The van der Waals surface area contributed by atoms with E-state index in [0.29, 0.717) is 11.6 Å². The Morgan fingerprint density at radius 1 is 1.46 bits per heavy atom. The maximum Gasteiger partial charge on any atom is 0.113 e. The van der Waals surface area contributed by atoms with Crippen LogP contribution in [0.4, 0.5) is 0 Å². The van der Waals surface area contributed by atoms with Crippen molar-refractivity contribution in [2.45, 2.75) is 19.4 Å². The third kappa shape index (κ3) is 2.30. The number of aliphatic hydroxyl groups excluding tert-OH is 1. The SMILES string of the molecule is OCc1cccc(C#CC2CC2)n1. The van der Waals surface area contributed by atoms with Crippen LogP contribution in [0, 0.1) is 17.8 Å². The van der Waals surface area contributed by atoms with E-state index in [1.54, 1.807) is 6.07 Å². The molecular weight excluding hydrogens is 162 g/mol. The summed E-state index contributed by atoms with van der Waals surface area (Å²) in [5.41, 5.74) is 1.45. The zero-order valence-electron chi connectivity index (χ0n) is 7.33. The first kappa shape index (κ1) is 8.28. The average molecular weight is 173 g/mol. The van der Waals surface area contributed by atoms with E-state index in [4.69, 9.17) is 5.11 Å². The average Bonchev–Trinajstić information content (AvgIpc) is 2.99. The van der Waals surface area contributed by atoms with Crippen molar-refractivity contribution < 1.29 is 5.11 Å². The van der Waals surface area contributed by atoms with Crippen LogP contribution in [0.1, 0.15) is 24.2 Å². The number of nitrogens with zero attached hydrogens (tertiary/aromatic N) is 1. The summed E-state index contributed by atoms with van der Waals surface area (Å²) in [4.78, 5) is 4.17. The fraction of sp³-hybridized carbons (Fsp3) is 0.364. The summed E-state index contributed by atoms with van der Waals surface area (Å²) in [6, 6.07) is 5.53. The van der Waals surface area contributed by atoms with Crippen molar-refractivity contribution >= 4 is 0 Å². The van der Waals surface area contributed by atoms with Gasteiger partial charge in [0, 0.05) is 5.92 Å². The number of aliphatic hydroxyl groups is 1. The van der Waals surface area contributed by atoms with E-state index in [1.807, 2.05) is 12.1 Å². The normalized spacial score (nSPS) is 14.8. The van der Waals surface area contributed by atoms with Crippen LogP contribution < -0.4 is 0 Å². The number of aromatic nitrogens is 1. The van der Waals surface area contributed by atoms with Crippen LogP contribution in [0.5, 0.6) is 0 Å². The van der Waals surface area contributed by atoms with Gasteiger partial charge in [-0.3, -0.25) is 0 Å². The molecule has 0 unspecified atom stereocenters. The van der Waals surface area contributed by atoms with Crippen LogP contribution in [-0.2, 0) is 6.61 Å². The van der Waals surface area contributed by atoms with E-state index in [1.165, 1.54) is 12.8 Å². The fourth-order valence-corrected chi connectivity index (χ4v) is 1.04. The lowest BCUT2D eigenvalue weighted by Gasteiger charge is -1.94. The molecule has 2 nitrogen and oxygen atoms in total. The minimum absolute atomic E-state index is 0.0149. The van der Waals surface area contributed by atoms with Crippen LogP contribution in [-0.4, -0.2) is 10.1 Å². The zero-order chi connectivity index (χ0) is 9.10. The second kappa shape index (κ2) is 3.59. The Hall–Kier alpha value is -1.33. The molecule has 1 aromatic heterocycles. The van der Waals surface area contributed by atoms with Gasteiger partial charge in [-0.05, 0) is 30.9 Å². The predicted molar refractivity (Wildman–Crippen MR) is 49.8 cm³/mol. The van der Waals surface area contributed by atoms with Gasteiger partial charge in [-0.15, -0.1) is 0 Å². The second-order valence-corrected chi connectivity index (χ2v) is 3.22. The molecule has 1 saturated carbocycles. The Morgan fingerprint density at radius 2 is 2.31 bits per heavy atom. The predicted octanol–water partition coefficient (Wildman–Crippen LogP) is 1.34. The lowest BCUT2D eigenvalue weighted by Crippen LogP contribution is -1.90. The van der Waals surface area contributed by atoms with Crippen molar-refractivity contribution in [2.24, 2.45) is 5.92 Å². The summed E-state index contributed by atoms with van der Waals surface area (Å²) in [5, 5.41) is 8.84. The van der Waals surface area contributed by atoms with Gasteiger partial charge in [0.25, 0.3) is 0 Å². The van der Waals surface area contributed by atoms with Crippen LogP contribution in [0.2, 0.25) is 0 Å². The topological polar surface area (TPSA) is 33.1 Å². The van der Waals surface area contributed by atoms with Crippen LogP contribution in [0.15, 0.2) is 18.2 Å². The molecule has 0 bridgehead atoms. The van der Waals surface area contributed by atoms with E-state index >= 15 is 0 Å². The summed E-state index contributed by atoms with van der Waals surface area (Å²) in [6.45, 7) is -0.0149. The van der Waals surface area contributed by atoms with Gasteiger partial charge in [-0.2, -0.15) is 0 Å². The molecular formula is C11H11NO. The Labute approximate surface area is 77.6 Å². The number of rotatable bonds is 1. The highest BCUT2D eigenvalue weighted by Gasteiger charge is 2.17. The third-order valence-electron chi connectivity index (χ3n) is 1.95. The third-order valence-corrected chi connectivity index (χ3v) is 1.95. The first-order valence-electron chi connectivity index (χ1n) is 4.47. The molecule has 0 aliphatic heterocycles. The van der Waals surface area contributed by atoms with Gasteiger partial charge in [-0.25, -0.2) is 4.98 Å². The summed E-state index contributed by atoms with van der Waals surface area (Å²) in [5.74, 6) is 6.74. The Bertz CT molecular complexity index is 358. The molecule has 66 valence electrons. The largest absolute Gasteiger partial charge is 0.390 e. The standard InChI is InChI=1S/C11H11NO/c13-8-11-3-1-2-10(12-11)7-6-9-4-5-9/h1-3,9,13H,4-5,8H2. The molecule has 0 saturated heterocycles. The van der Waals surface area contributed by atoms with Gasteiger partial charge in [0.1, 0.15) is 5.69 Å². The molecule has 1 N–H and O–H groups in total. The number of hydrogen-bond donors (Lipinski definition) is 1. The smallest absolute Gasteiger partial charge is 0.113 e. The van der Waals surface area contributed by atoms with E-state index in [-0.39, 0.29) is 6.61 Å². The maximum atomic E-state index is 8.84.